The van der Waals surface area contributed by atoms with Gasteiger partial charge in [-0.3, -0.25) is 4.79 Å². The van der Waals surface area contributed by atoms with Crippen molar-refractivity contribution in [3.05, 3.63) is 35.9 Å². The van der Waals surface area contributed by atoms with Gasteiger partial charge in [-0.2, -0.15) is 0 Å². The van der Waals surface area contributed by atoms with Crippen LogP contribution in [-0.4, -0.2) is 19.0 Å². The highest BCUT2D eigenvalue weighted by atomic mass is 16.1. The molecule has 3 heteroatoms. The predicted molar refractivity (Wildman–Crippen MR) is 52.2 cm³/mol. The maximum absolute atomic E-state index is 11.2. The van der Waals surface area contributed by atoms with Crippen LogP contribution in [0.3, 0.4) is 0 Å². The molecule has 0 spiro atoms. The van der Waals surface area contributed by atoms with E-state index in [-0.39, 0.29) is 5.91 Å². The van der Waals surface area contributed by atoms with Gasteiger partial charge in [0.05, 0.1) is 6.42 Å². The Bertz CT molecular complexity index is 259. The molecule has 0 saturated carbocycles. The van der Waals surface area contributed by atoms with E-state index in [2.05, 4.69) is 5.32 Å². The van der Waals surface area contributed by atoms with Gasteiger partial charge in [-0.1, -0.05) is 30.3 Å². The molecule has 0 unspecified atom stereocenters. The summed E-state index contributed by atoms with van der Waals surface area (Å²) in [6.45, 7) is 1.03. The fourth-order valence-corrected chi connectivity index (χ4v) is 1.06. The number of nitrogens with one attached hydrogen (secondary N) is 1. The van der Waals surface area contributed by atoms with Crippen molar-refractivity contribution in [3.8, 4) is 0 Å². The summed E-state index contributed by atoms with van der Waals surface area (Å²) >= 11 is 0. The Morgan fingerprint density at radius 1 is 1.31 bits per heavy atom. The first-order chi connectivity index (χ1) is 6.33. The number of hydrogen-bond donors (Lipinski definition) is 2. The van der Waals surface area contributed by atoms with Crippen LogP contribution in [0, 0.1) is 0 Å². The van der Waals surface area contributed by atoms with Gasteiger partial charge in [0.15, 0.2) is 0 Å². The molecule has 0 aliphatic rings. The number of amides is 1. The topological polar surface area (TPSA) is 55.1 Å². The fraction of sp³-hybridized carbons (Fsp3) is 0.300. The molecule has 1 aromatic rings. The van der Waals surface area contributed by atoms with Gasteiger partial charge in [0.1, 0.15) is 0 Å². The number of rotatable bonds is 4. The van der Waals surface area contributed by atoms with Crippen LogP contribution < -0.4 is 11.1 Å². The summed E-state index contributed by atoms with van der Waals surface area (Å²) in [5, 5.41) is 2.72. The maximum Gasteiger partial charge on any atom is 0.224 e. The molecule has 1 rings (SSSR count). The lowest BCUT2D eigenvalue weighted by Gasteiger charge is -2.02. The van der Waals surface area contributed by atoms with Crippen molar-refractivity contribution in [1.29, 1.82) is 0 Å². The molecule has 0 aliphatic carbocycles. The van der Waals surface area contributed by atoms with E-state index in [1.54, 1.807) is 0 Å². The van der Waals surface area contributed by atoms with E-state index in [1.807, 2.05) is 30.3 Å². The lowest BCUT2D eigenvalue weighted by Crippen LogP contribution is -2.30. The molecule has 0 fully saturated rings. The SMILES string of the molecule is NCCNC(=O)Cc1ccccc1. The van der Waals surface area contributed by atoms with Crippen molar-refractivity contribution in [3.63, 3.8) is 0 Å². The highest BCUT2D eigenvalue weighted by Gasteiger charge is 2.00. The van der Waals surface area contributed by atoms with Gasteiger partial charge < -0.3 is 11.1 Å². The number of hydrogen-bond acceptors (Lipinski definition) is 2. The van der Waals surface area contributed by atoms with Crippen LogP contribution in [0.5, 0.6) is 0 Å². The van der Waals surface area contributed by atoms with Gasteiger partial charge in [-0.05, 0) is 5.56 Å². The summed E-state index contributed by atoms with van der Waals surface area (Å²) in [4.78, 5) is 11.2. The first kappa shape index (κ1) is 9.74. The Kier molecular flexibility index (Phi) is 3.99. The van der Waals surface area contributed by atoms with Crippen molar-refractivity contribution in [1.82, 2.24) is 5.32 Å². The summed E-state index contributed by atoms with van der Waals surface area (Å²) in [6.07, 6.45) is 0.431. The molecule has 0 bridgehead atoms. The standard InChI is InChI=1S/C10H14N2O/c11-6-7-12-10(13)8-9-4-2-1-3-5-9/h1-5H,6-8,11H2,(H,12,13). The second kappa shape index (κ2) is 5.32. The van der Waals surface area contributed by atoms with Crippen LogP contribution in [0.4, 0.5) is 0 Å². The molecule has 0 aromatic heterocycles. The third-order valence-electron chi connectivity index (χ3n) is 1.67. The summed E-state index contributed by atoms with van der Waals surface area (Å²) < 4.78 is 0. The van der Waals surface area contributed by atoms with E-state index in [4.69, 9.17) is 5.73 Å². The van der Waals surface area contributed by atoms with Gasteiger partial charge in [-0.25, -0.2) is 0 Å². The molecule has 1 aromatic carbocycles. The molecule has 3 nitrogen and oxygen atoms in total. The molecule has 3 N–H and O–H groups in total. The highest BCUT2D eigenvalue weighted by molar-refractivity contribution is 5.78. The highest BCUT2D eigenvalue weighted by Crippen LogP contribution is 1.98. The van der Waals surface area contributed by atoms with Crippen LogP contribution in [0.15, 0.2) is 30.3 Å². The number of carbonyl (C=O) groups excluding carboxylic acids is 1. The van der Waals surface area contributed by atoms with E-state index >= 15 is 0 Å². The second-order valence-electron chi connectivity index (χ2n) is 2.80. The first-order valence-corrected chi connectivity index (χ1v) is 4.33. The third-order valence-corrected chi connectivity index (χ3v) is 1.67. The van der Waals surface area contributed by atoms with Crippen molar-refractivity contribution in [2.45, 2.75) is 6.42 Å². The predicted octanol–water partition coefficient (Wildman–Crippen LogP) is 0.304. The van der Waals surface area contributed by atoms with Gasteiger partial charge in [0.25, 0.3) is 0 Å². The Labute approximate surface area is 77.9 Å². The Balaban J connectivity index is 2.37. The van der Waals surface area contributed by atoms with Crippen LogP contribution >= 0.6 is 0 Å². The zero-order chi connectivity index (χ0) is 9.52. The molecule has 0 aliphatic heterocycles. The van der Waals surface area contributed by atoms with Crippen molar-refractivity contribution >= 4 is 5.91 Å². The summed E-state index contributed by atoms with van der Waals surface area (Å²) in [5.41, 5.74) is 6.28. The normalized spacial score (nSPS) is 9.62. The van der Waals surface area contributed by atoms with Crippen LogP contribution in [-0.2, 0) is 11.2 Å². The molecule has 0 saturated heterocycles. The van der Waals surface area contributed by atoms with E-state index in [0.29, 0.717) is 19.5 Å². The molecule has 0 radical (unpaired) electrons. The zero-order valence-corrected chi connectivity index (χ0v) is 7.49. The second-order valence-corrected chi connectivity index (χ2v) is 2.80. The van der Waals surface area contributed by atoms with Crippen LogP contribution in [0.25, 0.3) is 0 Å². The van der Waals surface area contributed by atoms with E-state index in [1.165, 1.54) is 0 Å². The van der Waals surface area contributed by atoms with E-state index in [0.717, 1.165) is 5.56 Å². The average molecular weight is 178 g/mol. The smallest absolute Gasteiger partial charge is 0.224 e. The lowest BCUT2D eigenvalue weighted by atomic mass is 10.1. The van der Waals surface area contributed by atoms with Gasteiger partial charge in [-0.15, -0.1) is 0 Å². The van der Waals surface area contributed by atoms with Gasteiger partial charge in [0, 0.05) is 13.1 Å². The maximum atomic E-state index is 11.2. The van der Waals surface area contributed by atoms with E-state index in [9.17, 15) is 4.79 Å². The average Bonchev–Trinajstić information content (AvgIpc) is 2.16. The van der Waals surface area contributed by atoms with Crippen LogP contribution in [0.1, 0.15) is 5.56 Å². The van der Waals surface area contributed by atoms with Crippen molar-refractivity contribution in [2.24, 2.45) is 5.73 Å². The molecule has 13 heavy (non-hydrogen) atoms. The molecule has 70 valence electrons. The Morgan fingerprint density at radius 3 is 2.62 bits per heavy atom. The van der Waals surface area contributed by atoms with Crippen LogP contribution in [0.2, 0.25) is 0 Å². The third kappa shape index (κ3) is 3.71. The lowest BCUT2D eigenvalue weighted by molar-refractivity contribution is -0.120. The number of carbonyl (C=O) groups is 1. The quantitative estimate of drug-likeness (QED) is 0.697. The van der Waals surface area contributed by atoms with Crippen molar-refractivity contribution in [2.75, 3.05) is 13.1 Å². The summed E-state index contributed by atoms with van der Waals surface area (Å²) in [7, 11) is 0. The minimum absolute atomic E-state index is 0.0247. The van der Waals surface area contributed by atoms with Gasteiger partial charge in [0.2, 0.25) is 5.91 Å². The summed E-state index contributed by atoms with van der Waals surface area (Å²) in [6, 6.07) is 9.64. The zero-order valence-electron chi connectivity index (χ0n) is 7.49. The summed E-state index contributed by atoms with van der Waals surface area (Å²) in [5.74, 6) is 0.0247. The molecular weight excluding hydrogens is 164 g/mol. The Hall–Kier alpha value is -1.35. The monoisotopic (exact) mass is 178 g/mol. The minimum Gasteiger partial charge on any atom is -0.355 e. The number of benzene rings is 1. The number of nitrogens with two attached hydrogens (primary N) is 1. The Morgan fingerprint density at radius 2 is 2.00 bits per heavy atom. The van der Waals surface area contributed by atoms with Gasteiger partial charge >= 0.3 is 0 Å². The van der Waals surface area contributed by atoms with E-state index < -0.39 is 0 Å². The van der Waals surface area contributed by atoms with Crippen molar-refractivity contribution < 1.29 is 4.79 Å². The fourth-order valence-electron chi connectivity index (χ4n) is 1.06. The minimum atomic E-state index is 0.0247. The molecule has 1 amide bonds. The largest absolute Gasteiger partial charge is 0.355 e. The molecule has 0 atom stereocenters. The molecular formula is C10H14N2O. The molecule has 0 heterocycles. The first-order valence-electron chi connectivity index (χ1n) is 4.33.